The van der Waals surface area contributed by atoms with Gasteiger partial charge in [0.1, 0.15) is 11.2 Å². The Labute approximate surface area is 192 Å². The monoisotopic (exact) mass is 475 g/mol. The Morgan fingerprint density at radius 1 is 1.16 bits per heavy atom. The van der Waals surface area contributed by atoms with E-state index in [0.717, 1.165) is 4.88 Å². The van der Waals surface area contributed by atoms with Crippen LogP contribution in [0.3, 0.4) is 0 Å². The smallest absolute Gasteiger partial charge is 0.332 e. The number of piperidine rings is 1. The first kappa shape index (κ1) is 22.5. The number of nitrogens with zero attached hydrogens (tertiary/aromatic N) is 3. The summed E-state index contributed by atoms with van der Waals surface area (Å²) in [5.74, 6) is -0.869. The summed E-state index contributed by atoms with van der Waals surface area (Å²) in [6.45, 7) is 2.98. The molecule has 32 heavy (non-hydrogen) atoms. The molecule has 0 unspecified atom stereocenters. The van der Waals surface area contributed by atoms with E-state index in [1.807, 2.05) is 17.5 Å². The number of amides is 1. The predicted octanol–water partition coefficient (Wildman–Crippen LogP) is 2.33. The SMILES string of the molecule is CCOC(=O)[C@H]1CCCN(C(=O)Cn2c(=O)n(CCc3cccs3)c(=O)c3sccc32)C1. The molecule has 1 atom stereocenters. The maximum absolute atomic E-state index is 13.2. The van der Waals surface area contributed by atoms with E-state index in [4.69, 9.17) is 4.74 Å². The molecule has 170 valence electrons. The first-order valence-corrected chi connectivity index (χ1v) is 12.4. The van der Waals surface area contributed by atoms with E-state index in [9.17, 15) is 19.2 Å². The fourth-order valence-corrected chi connectivity index (χ4v) is 5.59. The van der Waals surface area contributed by atoms with Crippen molar-refractivity contribution in [2.75, 3.05) is 19.7 Å². The first-order chi connectivity index (χ1) is 15.5. The Balaban J connectivity index is 1.59. The van der Waals surface area contributed by atoms with Crippen molar-refractivity contribution in [2.45, 2.75) is 39.3 Å². The molecule has 1 aliphatic heterocycles. The van der Waals surface area contributed by atoms with Crippen molar-refractivity contribution in [1.82, 2.24) is 14.0 Å². The van der Waals surface area contributed by atoms with Gasteiger partial charge in [0, 0.05) is 24.5 Å². The number of aromatic nitrogens is 2. The summed E-state index contributed by atoms with van der Waals surface area (Å²) < 4.78 is 8.19. The molecule has 0 saturated carbocycles. The van der Waals surface area contributed by atoms with E-state index in [-0.39, 0.29) is 43.0 Å². The molecule has 1 amide bonds. The average Bonchev–Trinajstić information content (AvgIpc) is 3.49. The second kappa shape index (κ2) is 9.83. The lowest BCUT2D eigenvalue weighted by Crippen LogP contribution is -2.47. The van der Waals surface area contributed by atoms with Gasteiger partial charge in [-0.3, -0.25) is 23.5 Å². The number of fused-ring (bicyclic) bond motifs is 1. The third kappa shape index (κ3) is 4.56. The molecule has 4 heterocycles. The Morgan fingerprint density at radius 2 is 2.00 bits per heavy atom. The quantitative estimate of drug-likeness (QED) is 0.489. The van der Waals surface area contributed by atoms with E-state index in [1.54, 1.807) is 34.6 Å². The van der Waals surface area contributed by atoms with Crippen LogP contribution in [0.25, 0.3) is 10.2 Å². The lowest BCUT2D eigenvalue weighted by atomic mass is 9.98. The maximum atomic E-state index is 13.2. The zero-order valence-corrected chi connectivity index (χ0v) is 19.5. The van der Waals surface area contributed by atoms with Crippen molar-refractivity contribution in [1.29, 1.82) is 0 Å². The van der Waals surface area contributed by atoms with Gasteiger partial charge in [0.2, 0.25) is 5.91 Å². The molecule has 3 aromatic rings. The minimum atomic E-state index is -0.482. The van der Waals surface area contributed by atoms with Crippen molar-refractivity contribution >= 4 is 44.8 Å². The van der Waals surface area contributed by atoms with E-state index in [0.29, 0.717) is 42.6 Å². The van der Waals surface area contributed by atoms with Crippen LogP contribution in [-0.4, -0.2) is 45.6 Å². The molecule has 1 aliphatic rings. The summed E-state index contributed by atoms with van der Waals surface area (Å²) in [5.41, 5.74) is -0.324. The summed E-state index contributed by atoms with van der Waals surface area (Å²) >= 11 is 2.85. The highest BCUT2D eigenvalue weighted by Crippen LogP contribution is 2.20. The van der Waals surface area contributed by atoms with Gasteiger partial charge in [-0.25, -0.2) is 4.79 Å². The lowest BCUT2D eigenvalue weighted by Gasteiger charge is -2.31. The molecule has 8 nitrogen and oxygen atoms in total. The van der Waals surface area contributed by atoms with E-state index in [2.05, 4.69) is 0 Å². The van der Waals surface area contributed by atoms with Crippen molar-refractivity contribution < 1.29 is 14.3 Å². The molecule has 10 heteroatoms. The number of ether oxygens (including phenoxy) is 1. The highest BCUT2D eigenvalue weighted by molar-refractivity contribution is 7.17. The molecule has 1 fully saturated rings. The molecule has 0 radical (unpaired) electrons. The number of hydrogen-bond acceptors (Lipinski definition) is 7. The van der Waals surface area contributed by atoms with E-state index < -0.39 is 5.69 Å². The largest absolute Gasteiger partial charge is 0.466 e. The van der Waals surface area contributed by atoms with Crippen LogP contribution in [0.5, 0.6) is 0 Å². The van der Waals surface area contributed by atoms with Gasteiger partial charge in [-0.2, -0.15) is 0 Å². The third-order valence-electron chi connectivity index (χ3n) is 5.69. The van der Waals surface area contributed by atoms with Crippen LogP contribution in [0.15, 0.2) is 38.5 Å². The Morgan fingerprint density at radius 3 is 2.75 bits per heavy atom. The van der Waals surface area contributed by atoms with E-state index in [1.165, 1.54) is 20.5 Å². The van der Waals surface area contributed by atoms with Gasteiger partial charge in [0.25, 0.3) is 5.56 Å². The fraction of sp³-hybridized carbons (Fsp3) is 0.455. The molecule has 0 aromatic carbocycles. The zero-order valence-electron chi connectivity index (χ0n) is 17.8. The van der Waals surface area contributed by atoms with Crippen LogP contribution < -0.4 is 11.2 Å². The minimum absolute atomic E-state index is 0.166. The van der Waals surface area contributed by atoms with Crippen LogP contribution in [0, 0.1) is 5.92 Å². The van der Waals surface area contributed by atoms with Crippen molar-refractivity contribution in [3.63, 3.8) is 0 Å². The Hall–Kier alpha value is -2.72. The van der Waals surface area contributed by atoms with Gasteiger partial charge in [0.05, 0.1) is 18.0 Å². The fourth-order valence-electron chi connectivity index (χ4n) is 4.05. The summed E-state index contributed by atoms with van der Waals surface area (Å²) in [4.78, 5) is 54.0. The van der Waals surface area contributed by atoms with E-state index >= 15 is 0 Å². The summed E-state index contributed by atoms with van der Waals surface area (Å²) in [6, 6.07) is 5.61. The predicted molar refractivity (Wildman–Crippen MR) is 124 cm³/mol. The molecular weight excluding hydrogens is 450 g/mol. The van der Waals surface area contributed by atoms with Gasteiger partial charge in [-0.15, -0.1) is 22.7 Å². The van der Waals surface area contributed by atoms with Crippen LogP contribution in [0.1, 0.15) is 24.6 Å². The van der Waals surface area contributed by atoms with Crippen LogP contribution in [-0.2, 0) is 33.8 Å². The maximum Gasteiger partial charge on any atom is 0.332 e. The zero-order chi connectivity index (χ0) is 22.7. The highest BCUT2D eigenvalue weighted by atomic mass is 32.1. The van der Waals surface area contributed by atoms with Crippen LogP contribution in [0.4, 0.5) is 0 Å². The van der Waals surface area contributed by atoms with Gasteiger partial charge < -0.3 is 9.64 Å². The molecular formula is C22H25N3O5S2. The van der Waals surface area contributed by atoms with Gasteiger partial charge >= 0.3 is 11.7 Å². The Bertz CT molecular complexity index is 1220. The molecule has 0 bridgehead atoms. The Kier molecular flexibility index (Phi) is 6.90. The standard InChI is InChI=1S/C22H25N3O5S2/c1-2-30-21(28)15-5-3-9-23(13-15)18(26)14-25-17-8-12-32-19(17)20(27)24(22(25)29)10-7-16-6-4-11-31-16/h4,6,8,11-12,15H,2-3,5,7,9-10,13-14H2,1H3/t15-/m0/s1. The second-order valence-electron chi connectivity index (χ2n) is 7.72. The number of rotatable bonds is 7. The molecule has 4 rings (SSSR count). The van der Waals surface area contributed by atoms with Gasteiger partial charge in [-0.1, -0.05) is 6.07 Å². The summed E-state index contributed by atoms with van der Waals surface area (Å²) in [6.07, 6.45) is 1.97. The minimum Gasteiger partial charge on any atom is -0.466 e. The second-order valence-corrected chi connectivity index (χ2v) is 9.67. The molecule has 0 aliphatic carbocycles. The first-order valence-electron chi connectivity index (χ1n) is 10.7. The number of aryl methyl sites for hydroxylation is 1. The number of carbonyl (C=O) groups excluding carboxylic acids is 2. The van der Waals surface area contributed by atoms with Crippen LogP contribution in [0.2, 0.25) is 0 Å². The lowest BCUT2D eigenvalue weighted by molar-refractivity contribution is -0.151. The number of esters is 1. The molecule has 1 saturated heterocycles. The molecule has 3 aromatic heterocycles. The average molecular weight is 476 g/mol. The number of thiophene rings is 2. The topological polar surface area (TPSA) is 90.6 Å². The highest BCUT2D eigenvalue weighted by Gasteiger charge is 2.30. The van der Waals surface area contributed by atoms with Crippen LogP contribution >= 0.6 is 22.7 Å². The van der Waals surface area contributed by atoms with Crippen molar-refractivity contribution in [3.8, 4) is 0 Å². The number of hydrogen-bond donors (Lipinski definition) is 0. The molecule has 0 spiro atoms. The number of likely N-dealkylation sites (tertiary alicyclic amines) is 1. The normalized spacial score (nSPS) is 16.4. The molecule has 0 N–H and O–H groups in total. The van der Waals surface area contributed by atoms with Crippen molar-refractivity contribution in [3.05, 3.63) is 54.7 Å². The van der Waals surface area contributed by atoms with Crippen molar-refractivity contribution in [2.24, 2.45) is 5.92 Å². The summed E-state index contributed by atoms with van der Waals surface area (Å²) in [5, 5.41) is 3.72. The van der Waals surface area contributed by atoms with Gasteiger partial charge in [-0.05, 0) is 49.1 Å². The summed E-state index contributed by atoms with van der Waals surface area (Å²) in [7, 11) is 0. The van der Waals surface area contributed by atoms with Gasteiger partial charge in [0.15, 0.2) is 0 Å². The number of carbonyl (C=O) groups is 2. The third-order valence-corrected chi connectivity index (χ3v) is 7.51.